The number of likely N-dealkylation sites (tertiary alicyclic amines) is 1. The summed E-state index contributed by atoms with van der Waals surface area (Å²) in [6.45, 7) is 9.92. The number of carbonyl (C=O) groups is 1. The van der Waals surface area contributed by atoms with Gasteiger partial charge >= 0.3 is 0 Å². The van der Waals surface area contributed by atoms with Crippen LogP contribution in [0.1, 0.15) is 57.6 Å². The van der Waals surface area contributed by atoms with E-state index in [1.165, 1.54) is 0 Å². The number of hydrogen-bond donors (Lipinski definition) is 0. The van der Waals surface area contributed by atoms with Crippen molar-refractivity contribution >= 4 is 5.91 Å². The van der Waals surface area contributed by atoms with Crippen LogP contribution in [0.15, 0.2) is 24.4 Å². The molecule has 6 heteroatoms. The number of amides is 1. The van der Waals surface area contributed by atoms with Crippen molar-refractivity contribution in [3.63, 3.8) is 0 Å². The minimum Gasteiger partial charge on any atom is -0.342 e. The van der Waals surface area contributed by atoms with E-state index in [0.29, 0.717) is 18.9 Å². The second kappa shape index (κ2) is 6.71. The van der Waals surface area contributed by atoms with Gasteiger partial charge in [-0.3, -0.25) is 4.79 Å². The molecule has 2 aromatic heterocycles. The van der Waals surface area contributed by atoms with Crippen molar-refractivity contribution in [3.05, 3.63) is 36.0 Å². The molecule has 0 aromatic carbocycles. The number of aromatic nitrogens is 4. The second-order valence-electron chi connectivity index (χ2n) is 7.18. The van der Waals surface area contributed by atoms with Crippen molar-refractivity contribution < 1.29 is 4.79 Å². The molecule has 2 aromatic rings. The fourth-order valence-electron chi connectivity index (χ4n) is 3.06. The van der Waals surface area contributed by atoms with E-state index in [9.17, 15) is 4.79 Å². The number of pyridine rings is 1. The van der Waals surface area contributed by atoms with Gasteiger partial charge < -0.3 is 4.90 Å². The molecule has 3 heterocycles. The lowest BCUT2D eigenvalue weighted by atomic mass is 10.1. The van der Waals surface area contributed by atoms with Crippen LogP contribution < -0.4 is 0 Å². The van der Waals surface area contributed by atoms with Crippen LogP contribution in [0, 0.1) is 5.92 Å². The van der Waals surface area contributed by atoms with Gasteiger partial charge in [-0.2, -0.15) is 4.68 Å². The zero-order valence-electron chi connectivity index (χ0n) is 14.8. The Hall–Kier alpha value is -2.24. The summed E-state index contributed by atoms with van der Waals surface area (Å²) in [5.41, 5.74) is 0. The Morgan fingerprint density at radius 3 is 2.67 bits per heavy atom. The fourth-order valence-corrected chi connectivity index (χ4v) is 3.06. The van der Waals surface area contributed by atoms with Gasteiger partial charge in [-0.15, -0.1) is 5.10 Å². The highest BCUT2D eigenvalue weighted by atomic mass is 16.2. The molecule has 1 amide bonds. The Balaban J connectivity index is 1.94. The van der Waals surface area contributed by atoms with Crippen LogP contribution in [-0.4, -0.2) is 43.6 Å². The Kier molecular flexibility index (Phi) is 4.64. The lowest BCUT2D eigenvalue weighted by molar-refractivity contribution is -0.128. The van der Waals surface area contributed by atoms with Crippen molar-refractivity contribution in [3.8, 4) is 5.82 Å². The summed E-state index contributed by atoms with van der Waals surface area (Å²) in [7, 11) is 0. The molecule has 1 aliphatic heterocycles. The van der Waals surface area contributed by atoms with Gasteiger partial charge in [0.2, 0.25) is 5.91 Å². The van der Waals surface area contributed by atoms with E-state index in [0.717, 1.165) is 24.0 Å². The van der Waals surface area contributed by atoms with Gasteiger partial charge in [0.15, 0.2) is 11.6 Å². The lowest BCUT2D eigenvalue weighted by Gasteiger charge is -2.18. The zero-order chi connectivity index (χ0) is 17.3. The SMILES string of the molecule is CC(C)CN1C[C@@H](c2nc(C(C)C)nn2-c2ccccn2)CC1=O. The Morgan fingerprint density at radius 2 is 2.04 bits per heavy atom. The van der Waals surface area contributed by atoms with Crippen LogP contribution >= 0.6 is 0 Å². The normalized spacial score (nSPS) is 18.2. The summed E-state index contributed by atoms with van der Waals surface area (Å²) in [4.78, 5) is 23.4. The third-order valence-electron chi connectivity index (χ3n) is 4.20. The highest BCUT2D eigenvalue weighted by Gasteiger charge is 2.34. The van der Waals surface area contributed by atoms with E-state index in [4.69, 9.17) is 4.98 Å². The average molecular weight is 327 g/mol. The quantitative estimate of drug-likeness (QED) is 0.847. The van der Waals surface area contributed by atoms with Gasteiger partial charge in [0, 0.05) is 37.5 Å². The first kappa shape index (κ1) is 16.6. The molecule has 1 aliphatic rings. The second-order valence-corrected chi connectivity index (χ2v) is 7.18. The predicted octanol–water partition coefficient (Wildman–Crippen LogP) is 2.76. The van der Waals surface area contributed by atoms with Gasteiger partial charge in [-0.1, -0.05) is 33.8 Å². The van der Waals surface area contributed by atoms with E-state index in [2.05, 4.69) is 37.8 Å². The largest absolute Gasteiger partial charge is 0.342 e. The number of hydrogen-bond acceptors (Lipinski definition) is 4. The minimum absolute atomic E-state index is 0.0678. The highest BCUT2D eigenvalue weighted by molar-refractivity contribution is 5.79. The van der Waals surface area contributed by atoms with Crippen LogP contribution in [0.5, 0.6) is 0 Å². The lowest BCUT2D eigenvalue weighted by Crippen LogP contribution is -2.29. The molecule has 1 saturated heterocycles. The molecular formula is C18H25N5O. The molecule has 0 saturated carbocycles. The maximum absolute atomic E-state index is 12.3. The molecule has 3 rings (SSSR count). The minimum atomic E-state index is 0.0678. The fraction of sp³-hybridized carbons (Fsp3) is 0.556. The van der Waals surface area contributed by atoms with Crippen molar-refractivity contribution in [2.24, 2.45) is 5.92 Å². The third-order valence-corrected chi connectivity index (χ3v) is 4.20. The van der Waals surface area contributed by atoms with Gasteiger partial charge in [-0.25, -0.2) is 9.97 Å². The van der Waals surface area contributed by atoms with Crippen LogP contribution in [0.3, 0.4) is 0 Å². The van der Waals surface area contributed by atoms with Gasteiger partial charge in [0.05, 0.1) is 0 Å². The number of nitrogens with zero attached hydrogens (tertiary/aromatic N) is 5. The summed E-state index contributed by atoms with van der Waals surface area (Å²) < 4.78 is 1.81. The standard InChI is InChI=1S/C18H25N5O/c1-12(2)10-22-11-14(9-16(22)24)18-20-17(13(3)4)21-23(18)15-7-5-6-8-19-15/h5-8,12-14H,9-11H2,1-4H3/t14-/m0/s1. The third kappa shape index (κ3) is 3.32. The van der Waals surface area contributed by atoms with Crippen molar-refractivity contribution in [1.29, 1.82) is 0 Å². The molecular weight excluding hydrogens is 302 g/mol. The smallest absolute Gasteiger partial charge is 0.223 e. The van der Waals surface area contributed by atoms with Crippen molar-refractivity contribution in [2.45, 2.75) is 46.0 Å². The monoisotopic (exact) mass is 327 g/mol. The highest BCUT2D eigenvalue weighted by Crippen LogP contribution is 2.29. The summed E-state index contributed by atoms with van der Waals surface area (Å²) >= 11 is 0. The molecule has 1 fully saturated rings. The van der Waals surface area contributed by atoms with Crippen LogP contribution in [-0.2, 0) is 4.79 Å². The van der Waals surface area contributed by atoms with Crippen LogP contribution in [0.2, 0.25) is 0 Å². The Morgan fingerprint density at radius 1 is 1.25 bits per heavy atom. The molecule has 0 spiro atoms. The molecule has 128 valence electrons. The average Bonchev–Trinajstić information content (AvgIpc) is 3.12. The van der Waals surface area contributed by atoms with E-state index < -0.39 is 0 Å². The Labute approximate surface area is 142 Å². The summed E-state index contributed by atoms with van der Waals surface area (Å²) in [5.74, 6) is 3.36. The summed E-state index contributed by atoms with van der Waals surface area (Å²) in [6.07, 6.45) is 2.25. The topological polar surface area (TPSA) is 63.9 Å². The number of rotatable bonds is 5. The molecule has 0 bridgehead atoms. The summed E-state index contributed by atoms with van der Waals surface area (Å²) in [5, 5.41) is 4.65. The molecule has 0 aliphatic carbocycles. The first-order valence-electron chi connectivity index (χ1n) is 8.61. The van der Waals surface area contributed by atoms with E-state index in [1.54, 1.807) is 6.20 Å². The Bertz CT molecular complexity index is 707. The summed E-state index contributed by atoms with van der Waals surface area (Å²) in [6, 6.07) is 5.74. The van der Waals surface area contributed by atoms with Crippen LogP contribution in [0.4, 0.5) is 0 Å². The first-order valence-corrected chi connectivity index (χ1v) is 8.61. The number of carbonyl (C=O) groups excluding carboxylic acids is 1. The first-order chi connectivity index (χ1) is 11.5. The van der Waals surface area contributed by atoms with Crippen molar-refractivity contribution in [2.75, 3.05) is 13.1 Å². The van der Waals surface area contributed by atoms with E-state index in [1.807, 2.05) is 27.8 Å². The predicted molar refractivity (Wildman–Crippen MR) is 92.0 cm³/mol. The molecule has 1 atom stereocenters. The van der Waals surface area contributed by atoms with Crippen LogP contribution in [0.25, 0.3) is 5.82 Å². The molecule has 0 unspecified atom stereocenters. The van der Waals surface area contributed by atoms with E-state index in [-0.39, 0.29) is 17.7 Å². The molecule has 0 N–H and O–H groups in total. The van der Waals surface area contributed by atoms with Gasteiger partial charge in [-0.05, 0) is 18.1 Å². The van der Waals surface area contributed by atoms with Gasteiger partial charge in [0.1, 0.15) is 5.82 Å². The van der Waals surface area contributed by atoms with Crippen molar-refractivity contribution in [1.82, 2.24) is 24.6 Å². The molecule has 0 radical (unpaired) electrons. The maximum atomic E-state index is 12.3. The molecule has 6 nitrogen and oxygen atoms in total. The molecule has 24 heavy (non-hydrogen) atoms. The maximum Gasteiger partial charge on any atom is 0.223 e. The zero-order valence-corrected chi connectivity index (χ0v) is 14.8. The van der Waals surface area contributed by atoms with E-state index >= 15 is 0 Å². The van der Waals surface area contributed by atoms with Gasteiger partial charge in [0.25, 0.3) is 0 Å².